The van der Waals surface area contributed by atoms with Gasteiger partial charge in [-0.1, -0.05) is 44.2 Å². The van der Waals surface area contributed by atoms with Gasteiger partial charge in [-0.05, 0) is 30.8 Å². The summed E-state index contributed by atoms with van der Waals surface area (Å²) in [5, 5.41) is 21.4. The number of carbonyl (C=O) groups is 2. The Bertz CT molecular complexity index is 983. The third-order valence-electron chi connectivity index (χ3n) is 5.67. The van der Waals surface area contributed by atoms with Crippen molar-refractivity contribution in [3.8, 4) is 11.5 Å². The normalized spacial score (nSPS) is 18.1. The molecule has 1 aliphatic rings. The Labute approximate surface area is 182 Å². The van der Waals surface area contributed by atoms with Gasteiger partial charge in [-0.2, -0.15) is 0 Å². The van der Waals surface area contributed by atoms with Crippen LogP contribution >= 0.6 is 0 Å². The predicted molar refractivity (Wildman–Crippen MR) is 118 cm³/mol. The molecule has 2 aromatic rings. The first kappa shape index (κ1) is 22.4. The molecule has 1 amide bonds. The number of benzene rings is 2. The molecule has 2 aromatic carbocycles. The van der Waals surface area contributed by atoms with Gasteiger partial charge in [0.25, 0.3) is 11.7 Å². The van der Waals surface area contributed by atoms with E-state index in [0.29, 0.717) is 18.8 Å². The number of likely N-dealkylation sites (tertiary alicyclic amines) is 1. The van der Waals surface area contributed by atoms with E-state index >= 15 is 0 Å². The van der Waals surface area contributed by atoms with Crippen LogP contribution in [0.15, 0.2) is 54.1 Å². The number of Topliss-reactive ketones (excluding diaryl/α,β-unsaturated/α-hetero) is 1. The van der Waals surface area contributed by atoms with E-state index in [4.69, 9.17) is 4.74 Å². The average molecular weight is 424 g/mol. The van der Waals surface area contributed by atoms with Gasteiger partial charge in [0.2, 0.25) is 0 Å². The second kappa shape index (κ2) is 9.66. The lowest BCUT2D eigenvalue weighted by Gasteiger charge is -2.28. The molecule has 7 heteroatoms. The minimum Gasteiger partial charge on any atom is -0.507 e. The second-order valence-corrected chi connectivity index (χ2v) is 7.31. The molecule has 0 saturated carbocycles. The van der Waals surface area contributed by atoms with Crippen LogP contribution in [0.3, 0.4) is 0 Å². The molecule has 0 aliphatic carbocycles. The van der Waals surface area contributed by atoms with Gasteiger partial charge in [0.1, 0.15) is 17.3 Å². The van der Waals surface area contributed by atoms with Gasteiger partial charge in [0.05, 0.1) is 24.3 Å². The van der Waals surface area contributed by atoms with E-state index in [1.165, 1.54) is 24.1 Å². The average Bonchev–Trinajstić information content (AvgIpc) is 3.04. The molecule has 31 heavy (non-hydrogen) atoms. The zero-order valence-electron chi connectivity index (χ0n) is 18.0. The molecule has 1 fully saturated rings. The van der Waals surface area contributed by atoms with E-state index in [-0.39, 0.29) is 16.9 Å². The first-order valence-electron chi connectivity index (χ1n) is 10.4. The summed E-state index contributed by atoms with van der Waals surface area (Å²) in [6, 6.07) is 12.8. The predicted octanol–water partition coefficient (Wildman–Crippen LogP) is 3.16. The number of ketones is 1. The fourth-order valence-corrected chi connectivity index (χ4v) is 3.87. The fourth-order valence-electron chi connectivity index (χ4n) is 3.87. The Morgan fingerprint density at radius 2 is 1.77 bits per heavy atom. The molecule has 2 N–H and O–H groups in total. The van der Waals surface area contributed by atoms with Crippen molar-refractivity contribution in [2.45, 2.75) is 19.9 Å². The number of phenols is 1. The van der Waals surface area contributed by atoms with Gasteiger partial charge in [-0.3, -0.25) is 9.59 Å². The summed E-state index contributed by atoms with van der Waals surface area (Å²) in [5.74, 6) is -1.65. The Morgan fingerprint density at radius 1 is 1.10 bits per heavy atom. The van der Waals surface area contributed by atoms with Crippen LogP contribution in [-0.4, -0.2) is 65.0 Å². The highest BCUT2D eigenvalue weighted by molar-refractivity contribution is 6.46. The SMILES string of the molecule is CCN(CC)CCN1C(=O)C(=O)C(=C(O)c2ccc(OC)cc2O)C1c1ccccc1. The summed E-state index contributed by atoms with van der Waals surface area (Å²) in [7, 11) is 1.46. The smallest absolute Gasteiger partial charge is 0.295 e. The lowest BCUT2D eigenvalue weighted by Crippen LogP contribution is -2.38. The van der Waals surface area contributed by atoms with E-state index in [9.17, 15) is 19.8 Å². The molecule has 0 bridgehead atoms. The van der Waals surface area contributed by atoms with E-state index in [0.717, 1.165) is 18.7 Å². The molecule has 7 nitrogen and oxygen atoms in total. The molecule has 0 radical (unpaired) electrons. The van der Waals surface area contributed by atoms with Crippen molar-refractivity contribution < 1.29 is 24.5 Å². The molecule has 1 atom stereocenters. The number of hydrogen-bond acceptors (Lipinski definition) is 6. The number of carbonyl (C=O) groups excluding carboxylic acids is 2. The van der Waals surface area contributed by atoms with E-state index < -0.39 is 23.5 Å². The van der Waals surface area contributed by atoms with Gasteiger partial charge < -0.3 is 24.7 Å². The number of phenolic OH excluding ortho intramolecular Hbond substituents is 1. The minimum absolute atomic E-state index is 0.0313. The summed E-state index contributed by atoms with van der Waals surface area (Å²) in [4.78, 5) is 29.6. The van der Waals surface area contributed by atoms with Crippen LogP contribution in [0, 0.1) is 0 Å². The fraction of sp³-hybridized carbons (Fsp3) is 0.333. The van der Waals surface area contributed by atoms with Crippen LogP contribution in [0.2, 0.25) is 0 Å². The van der Waals surface area contributed by atoms with E-state index in [2.05, 4.69) is 4.90 Å². The highest BCUT2D eigenvalue weighted by Gasteiger charge is 2.46. The summed E-state index contributed by atoms with van der Waals surface area (Å²) >= 11 is 0. The highest BCUT2D eigenvalue weighted by atomic mass is 16.5. The standard InChI is InChI=1S/C24H28N2O5/c1-4-25(5-2)13-14-26-21(16-9-7-6-8-10-16)20(23(29)24(26)30)22(28)18-12-11-17(31-3)15-19(18)27/h6-12,15,21,27-28H,4-5,13-14H2,1-3H3. The number of methoxy groups -OCH3 is 1. The van der Waals surface area contributed by atoms with Crippen molar-refractivity contribution in [2.75, 3.05) is 33.3 Å². The van der Waals surface area contributed by atoms with E-state index in [1.54, 1.807) is 6.07 Å². The van der Waals surface area contributed by atoms with Gasteiger partial charge in [-0.15, -0.1) is 0 Å². The maximum atomic E-state index is 13.0. The number of aromatic hydroxyl groups is 1. The number of amides is 1. The number of rotatable bonds is 8. The zero-order chi connectivity index (χ0) is 22.5. The monoisotopic (exact) mass is 424 g/mol. The molecule has 1 heterocycles. The molecule has 1 unspecified atom stereocenters. The summed E-state index contributed by atoms with van der Waals surface area (Å²) < 4.78 is 5.08. The zero-order valence-corrected chi connectivity index (χ0v) is 18.0. The molecule has 3 rings (SSSR count). The molecule has 1 aliphatic heterocycles. The van der Waals surface area contributed by atoms with Gasteiger partial charge in [0.15, 0.2) is 0 Å². The van der Waals surface area contributed by atoms with Gasteiger partial charge in [0, 0.05) is 19.2 Å². The van der Waals surface area contributed by atoms with Crippen molar-refractivity contribution in [3.63, 3.8) is 0 Å². The van der Waals surface area contributed by atoms with Crippen LogP contribution in [0.4, 0.5) is 0 Å². The lowest BCUT2D eigenvalue weighted by molar-refractivity contribution is -0.140. The first-order valence-corrected chi connectivity index (χ1v) is 10.4. The lowest BCUT2D eigenvalue weighted by atomic mass is 9.95. The van der Waals surface area contributed by atoms with Crippen molar-refractivity contribution >= 4 is 17.4 Å². The number of aliphatic hydroxyl groups excluding tert-OH is 1. The van der Waals surface area contributed by atoms with Crippen molar-refractivity contribution in [1.82, 2.24) is 9.80 Å². The number of aliphatic hydroxyl groups is 1. The van der Waals surface area contributed by atoms with Crippen LogP contribution in [0.1, 0.15) is 31.0 Å². The summed E-state index contributed by atoms with van der Waals surface area (Å²) in [6.45, 7) is 6.69. The maximum absolute atomic E-state index is 13.0. The van der Waals surface area contributed by atoms with Crippen LogP contribution in [0.25, 0.3) is 5.76 Å². The van der Waals surface area contributed by atoms with Crippen LogP contribution < -0.4 is 4.74 Å². The molecule has 0 spiro atoms. The Morgan fingerprint density at radius 3 is 2.35 bits per heavy atom. The Kier molecular flexibility index (Phi) is 6.97. The number of nitrogens with zero attached hydrogens (tertiary/aromatic N) is 2. The molecule has 164 valence electrons. The Hall–Kier alpha value is -3.32. The maximum Gasteiger partial charge on any atom is 0.295 e. The largest absolute Gasteiger partial charge is 0.507 e. The van der Waals surface area contributed by atoms with Crippen molar-refractivity contribution in [2.24, 2.45) is 0 Å². The molecule has 1 saturated heterocycles. The van der Waals surface area contributed by atoms with Crippen LogP contribution in [0.5, 0.6) is 11.5 Å². The van der Waals surface area contributed by atoms with Crippen LogP contribution in [-0.2, 0) is 9.59 Å². The quantitative estimate of drug-likeness (QED) is 0.384. The molecule has 0 aromatic heterocycles. The first-order chi connectivity index (χ1) is 14.9. The number of hydrogen-bond donors (Lipinski definition) is 2. The molecular weight excluding hydrogens is 396 g/mol. The van der Waals surface area contributed by atoms with Crippen molar-refractivity contribution in [3.05, 3.63) is 65.2 Å². The van der Waals surface area contributed by atoms with Gasteiger partial charge >= 0.3 is 0 Å². The third kappa shape index (κ3) is 4.41. The Balaban J connectivity index is 2.10. The highest BCUT2D eigenvalue weighted by Crippen LogP contribution is 2.41. The van der Waals surface area contributed by atoms with Gasteiger partial charge in [-0.25, -0.2) is 0 Å². The summed E-state index contributed by atoms with van der Waals surface area (Å²) in [6.07, 6.45) is 0. The summed E-state index contributed by atoms with van der Waals surface area (Å²) in [5.41, 5.74) is 0.760. The minimum atomic E-state index is -0.763. The van der Waals surface area contributed by atoms with Crippen molar-refractivity contribution in [1.29, 1.82) is 0 Å². The number of ether oxygens (including phenoxy) is 1. The van der Waals surface area contributed by atoms with E-state index in [1.807, 2.05) is 44.2 Å². The third-order valence-corrected chi connectivity index (χ3v) is 5.67. The number of likely N-dealkylation sites (N-methyl/N-ethyl adjacent to an activating group) is 1. The second-order valence-electron chi connectivity index (χ2n) is 7.31. The molecular formula is C24H28N2O5. The topological polar surface area (TPSA) is 90.3 Å².